The Bertz CT molecular complexity index is 1980. The number of hydrogen-bond donors (Lipinski definition) is 0. The molecule has 4 heterocycles. The number of amides is 4. The molecule has 0 aliphatic carbocycles. The molecule has 6 unspecified atom stereocenters. The van der Waals surface area contributed by atoms with Crippen molar-refractivity contribution in [2.45, 2.75) is 24.2 Å². The van der Waals surface area contributed by atoms with Gasteiger partial charge in [0.05, 0.1) is 45.1 Å². The Hall–Kier alpha value is -5.54. The summed E-state index contributed by atoms with van der Waals surface area (Å²) in [6, 6.07) is 18.8. The van der Waals surface area contributed by atoms with Gasteiger partial charge in [-0.3, -0.25) is 39.4 Å². The van der Waals surface area contributed by atoms with Gasteiger partial charge in [-0.1, -0.05) is 47.5 Å². The standard InChI is InChI=1S/C34H22Cl2N6O8/c35-19-5-13-21(14-6-19)37-31(43)25-27(17-1-9-23(10-2-17)41(47)48)39-30-26(32(44)38(34(30)46)22-15-7-20(36)8-16-22)28(40(39)29(25)33(37)45)18-3-11-24(12-4-18)42(49)50/h1-16,25-30H. The van der Waals surface area contributed by atoms with Crippen LogP contribution in [0.4, 0.5) is 22.7 Å². The highest BCUT2D eigenvalue weighted by atomic mass is 35.5. The maximum absolute atomic E-state index is 14.5. The van der Waals surface area contributed by atoms with Crippen molar-refractivity contribution in [3.63, 3.8) is 0 Å². The molecular weight excluding hydrogens is 691 g/mol. The van der Waals surface area contributed by atoms with E-state index in [2.05, 4.69) is 0 Å². The number of halogens is 2. The molecule has 4 aliphatic heterocycles. The minimum absolute atomic E-state index is 0.208. The van der Waals surface area contributed by atoms with E-state index in [1.807, 2.05) is 0 Å². The second-order valence-electron chi connectivity index (χ2n) is 12.3. The molecule has 8 rings (SSSR count). The average Bonchev–Trinajstić information content (AvgIpc) is 3.77. The van der Waals surface area contributed by atoms with Crippen LogP contribution in [0.3, 0.4) is 0 Å². The van der Waals surface area contributed by atoms with Crippen molar-refractivity contribution >= 4 is 69.6 Å². The van der Waals surface area contributed by atoms with Gasteiger partial charge in [0.15, 0.2) is 0 Å². The average molecular weight is 713 g/mol. The highest BCUT2D eigenvalue weighted by Gasteiger charge is 2.73. The first-order valence-electron chi connectivity index (χ1n) is 15.3. The van der Waals surface area contributed by atoms with E-state index in [1.165, 1.54) is 97.1 Å². The van der Waals surface area contributed by atoms with Gasteiger partial charge in [-0.05, 0) is 59.7 Å². The summed E-state index contributed by atoms with van der Waals surface area (Å²) < 4.78 is 0. The van der Waals surface area contributed by atoms with Crippen LogP contribution < -0.4 is 9.80 Å². The number of hydrogen-bond acceptors (Lipinski definition) is 10. The van der Waals surface area contributed by atoms with Crippen molar-refractivity contribution in [2.75, 3.05) is 9.80 Å². The van der Waals surface area contributed by atoms with E-state index >= 15 is 0 Å². The molecular formula is C34H22Cl2N6O8. The number of rotatable bonds is 6. The Morgan fingerprint density at radius 1 is 0.460 bits per heavy atom. The zero-order valence-electron chi connectivity index (χ0n) is 25.4. The fourth-order valence-electron chi connectivity index (χ4n) is 7.77. The van der Waals surface area contributed by atoms with E-state index in [-0.39, 0.29) is 22.7 Å². The SMILES string of the molecule is O=C1C2C(C(=O)N1c1ccc(Cl)cc1)N1C(c3ccc([N+](=O)[O-])cc3)C3C(=O)N(c4ccc(Cl)cc4)C(=O)C3N1C2c1ccc([N+](=O)[O-])cc1. The third kappa shape index (κ3) is 4.56. The predicted octanol–water partition coefficient (Wildman–Crippen LogP) is 5.25. The minimum Gasteiger partial charge on any atom is -0.274 e. The number of anilines is 2. The van der Waals surface area contributed by atoms with E-state index in [1.54, 1.807) is 10.0 Å². The lowest BCUT2D eigenvalue weighted by Gasteiger charge is -2.35. The number of nitro benzene ring substituents is 2. The molecule has 0 radical (unpaired) electrons. The summed E-state index contributed by atoms with van der Waals surface area (Å²) in [5.41, 5.74) is 0.919. The van der Waals surface area contributed by atoms with Crippen molar-refractivity contribution in [3.8, 4) is 0 Å². The van der Waals surface area contributed by atoms with Gasteiger partial charge in [0, 0.05) is 34.3 Å². The quantitative estimate of drug-likeness (QED) is 0.146. The second kappa shape index (κ2) is 11.5. The van der Waals surface area contributed by atoms with Gasteiger partial charge in [-0.25, -0.2) is 19.8 Å². The normalized spacial score (nSPS) is 26.0. The zero-order chi connectivity index (χ0) is 35.2. The number of nitro groups is 2. The third-order valence-corrected chi connectivity index (χ3v) is 10.3. The van der Waals surface area contributed by atoms with Crippen LogP contribution in [0.15, 0.2) is 97.1 Å². The minimum atomic E-state index is -1.21. The number of benzene rings is 4. The summed E-state index contributed by atoms with van der Waals surface area (Å²) in [4.78, 5) is 81.9. The monoisotopic (exact) mass is 712 g/mol. The van der Waals surface area contributed by atoms with Crippen LogP contribution in [-0.2, 0) is 19.2 Å². The molecule has 4 aromatic carbocycles. The zero-order valence-corrected chi connectivity index (χ0v) is 26.9. The number of hydrazine groups is 1. The van der Waals surface area contributed by atoms with Gasteiger partial charge in [-0.15, -0.1) is 0 Å². The maximum atomic E-state index is 14.5. The Morgan fingerprint density at radius 3 is 1.08 bits per heavy atom. The van der Waals surface area contributed by atoms with Crippen molar-refractivity contribution in [1.29, 1.82) is 0 Å². The van der Waals surface area contributed by atoms with Crippen molar-refractivity contribution < 1.29 is 29.0 Å². The first kappa shape index (κ1) is 31.7. The fraction of sp³-hybridized carbons (Fsp3) is 0.176. The summed E-state index contributed by atoms with van der Waals surface area (Å²) in [6.07, 6.45) is 0. The molecule has 50 heavy (non-hydrogen) atoms. The smallest absolute Gasteiger partial charge is 0.269 e. The summed E-state index contributed by atoms with van der Waals surface area (Å²) in [5, 5.41) is 27.0. The van der Waals surface area contributed by atoms with Gasteiger partial charge >= 0.3 is 0 Å². The Labute approximate surface area is 292 Å². The van der Waals surface area contributed by atoms with Gasteiger partial charge < -0.3 is 0 Å². The van der Waals surface area contributed by atoms with Crippen LogP contribution in [0.25, 0.3) is 0 Å². The predicted molar refractivity (Wildman–Crippen MR) is 178 cm³/mol. The van der Waals surface area contributed by atoms with Crippen molar-refractivity contribution in [1.82, 2.24) is 10.0 Å². The molecule has 0 bridgehead atoms. The van der Waals surface area contributed by atoms with Gasteiger partial charge in [0.25, 0.3) is 23.2 Å². The molecule has 250 valence electrons. The van der Waals surface area contributed by atoms with Crippen molar-refractivity contribution in [3.05, 3.63) is 138 Å². The number of fused-ring (bicyclic) bond motifs is 5. The number of carbonyl (C=O) groups is 4. The van der Waals surface area contributed by atoms with Gasteiger partial charge in [0.2, 0.25) is 11.8 Å². The van der Waals surface area contributed by atoms with E-state index in [0.717, 1.165) is 9.80 Å². The van der Waals surface area contributed by atoms with Crippen LogP contribution in [0, 0.1) is 32.1 Å². The summed E-state index contributed by atoms with van der Waals surface area (Å²) in [6.45, 7) is 0. The molecule has 0 aromatic heterocycles. The molecule has 4 aromatic rings. The summed E-state index contributed by atoms with van der Waals surface area (Å²) >= 11 is 12.2. The Morgan fingerprint density at radius 2 is 0.780 bits per heavy atom. The Balaban J connectivity index is 1.33. The second-order valence-corrected chi connectivity index (χ2v) is 13.1. The first-order chi connectivity index (χ1) is 24.0. The number of imide groups is 2. The molecule has 0 spiro atoms. The van der Waals surface area contributed by atoms with Crippen LogP contribution in [0.5, 0.6) is 0 Å². The van der Waals surface area contributed by atoms with Crippen LogP contribution >= 0.6 is 23.2 Å². The molecule has 6 atom stereocenters. The van der Waals surface area contributed by atoms with Crippen LogP contribution in [0.1, 0.15) is 23.2 Å². The Kier molecular flexibility index (Phi) is 7.31. The van der Waals surface area contributed by atoms with Gasteiger partial charge in [0.1, 0.15) is 12.1 Å². The third-order valence-electron chi connectivity index (χ3n) is 9.79. The highest BCUT2D eigenvalue weighted by molar-refractivity contribution is 6.31. The molecule has 4 fully saturated rings. The molecule has 0 saturated carbocycles. The van der Waals surface area contributed by atoms with E-state index in [4.69, 9.17) is 23.2 Å². The number of carbonyl (C=O) groups excluding carboxylic acids is 4. The first-order valence-corrected chi connectivity index (χ1v) is 16.1. The topological polar surface area (TPSA) is 168 Å². The van der Waals surface area contributed by atoms with E-state index < -0.39 is 69.5 Å². The lowest BCUT2D eigenvalue weighted by atomic mass is 9.84. The summed E-state index contributed by atoms with van der Waals surface area (Å²) in [7, 11) is 0. The number of nitrogens with zero attached hydrogens (tertiary/aromatic N) is 6. The molecule has 14 nitrogen and oxygen atoms in total. The van der Waals surface area contributed by atoms with Crippen LogP contribution in [0.2, 0.25) is 10.0 Å². The lowest BCUT2D eigenvalue weighted by molar-refractivity contribution is -0.385. The van der Waals surface area contributed by atoms with E-state index in [0.29, 0.717) is 21.2 Å². The fourth-order valence-corrected chi connectivity index (χ4v) is 8.03. The highest BCUT2D eigenvalue weighted by Crippen LogP contribution is 2.60. The van der Waals surface area contributed by atoms with Crippen LogP contribution in [-0.4, -0.2) is 55.6 Å². The molecule has 16 heteroatoms. The molecule has 4 saturated heterocycles. The molecule has 0 N–H and O–H groups in total. The van der Waals surface area contributed by atoms with Gasteiger partial charge in [-0.2, -0.15) is 0 Å². The number of non-ortho nitro benzene ring substituents is 2. The lowest BCUT2D eigenvalue weighted by Crippen LogP contribution is -2.50. The van der Waals surface area contributed by atoms with Crippen molar-refractivity contribution in [2.24, 2.45) is 11.8 Å². The largest absolute Gasteiger partial charge is 0.274 e. The summed E-state index contributed by atoms with van der Waals surface area (Å²) in [5.74, 6) is -4.62. The van der Waals surface area contributed by atoms with E-state index in [9.17, 15) is 39.4 Å². The molecule has 4 aliphatic rings. The maximum Gasteiger partial charge on any atom is 0.269 e. The molecule has 4 amide bonds.